The number of nitrogens with zero attached hydrogens (tertiary/aromatic N) is 1. The first-order valence-corrected chi connectivity index (χ1v) is 9.80. The fourth-order valence-electron chi connectivity index (χ4n) is 2.35. The van der Waals surface area contributed by atoms with Gasteiger partial charge in [0.05, 0.1) is 17.4 Å². The lowest BCUT2D eigenvalue weighted by molar-refractivity contribution is -0.126. The zero-order valence-electron chi connectivity index (χ0n) is 16.2. The Balaban J connectivity index is 1.90. The van der Waals surface area contributed by atoms with Crippen molar-refractivity contribution in [3.05, 3.63) is 65.7 Å². The van der Waals surface area contributed by atoms with E-state index in [9.17, 15) is 14.4 Å². The van der Waals surface area contributed by atoms with Gasteiger partial charge in [0.25, 0.3) is 5.91 Å². The average Bonchev–Trinajstić information content (AvgIpc) is 2.70. The Morgan fingerprint density at radius 1 is 1.04 bits per heavy atom. The number of nitrogens with one attached hydrogen (secondary N) is 1. The molecule has 6 nitrogen and oxygen atoms in total. The van der Waals surface area contributed by atoms with Crippen molar-refractivity contribution >= 4 is 29.5 Å². The summed E-state index contributed by atoms with van der Waals surface area (Å²) in [6.45, 7) is 1.49. The van der Waals surface area contributed by atoms with Gasteiger partial charge < -0.3 is 15.0 Å². The van der Waals surface area contributed by atoms with E-state index in [0.717, 1.165) is 5.56 Å². The van der Waals surface area contributed by atoms with Crippen LogP contribution in [0.4, 0.5) is 0 Å². The highest BCUT2D eigenvalue weighted by atomic mass is 32.2. The molecule has 0 saturated heterocycles. The maximum Gasteiger partial charge on any atom is 0.339 e. The van der Waals surface area contributed by atoms with Gasteiger partial charge in [0.15, 0.2) is 6.61 Å². The number of hydrogen-bond acceptors (Lipinski definition) is 5. The van der Waals surface area contributed by atoms with Crippen molar-refractivity contribution in [3.63, 3.8) is 0 Å². The summed E-state index contributed by atoms with van der Waals surface area (Å²) < 4.78 is 5.16. The molecule has 0 fully saturated rings. The summed E-state index contributed by atoms with van der Waals surface area (Å²) in [4.78, 5) is 38.4. The number of esters is 1. The highest BCUT2D eigenvalue weighted by Gasteiger charge is 2.17. The van der Waals surface area contributed by atoms with Gasteiger partial charge in [-0.2, -0.15) is 0 Å². The van der Waals surface area contributed by atoms with E-state index in [0.29, 0.717) is 10.5 Å². The second-order valence-corrected chi connectivity index (χ2v) is 7.37. The number of ether oxygens (including phenoxy) is 1. The first kappa shape index (κ1) is 21.5. The molecule has 0 radical (unpaired) electrons. The Kier molecular flexibility index (Phi) is 8.07. The molecule has 0 aliphatic heterocycles. The van der Waals surface area contributed by atoms with E-state index in [1.165, 1.54) is 16.7 Å². The molecule has 7 heteroatoms. The Morgan fingerprint density at radius 3 is 2.36 bits per heavy atom. The Labute approximate surface area is 169 Å². The smallest absolute Gasteiger partial charge is 0.339 e. The van der Waals surface area contributed by atoms with E-state index < -0.39 is 5.97 Å². The van der Waals surface area contributed by atoms with Gasteiger partial charge in [0, 0.05) is 19.0 Å². The van der Waals surface area contributed by atoms with Crippen LogP contribution in [0, 0.1) is 0 Å². The minimum atomic E-state index is -0.595. The highest BCUT2D eigenvalue weighted by Crippen LogP contribution is 2.23. The van der Waals surface area contributed by atoms with Crippen molar-refractivity contribution in [1.82, 2.24) is 10.2 Å². The van der Waals surface area contributed by atoms with Gasteiger partial charge in [-0.25, -0.2) is 4.79 Å². The highest BCUT2D eigenvalue weighted by molar-refractivity contribution is 8.00. The first-order valence-electron chi connectivity index (χ1n) is 8.82. The molecular formula is C21H24N2O4S. The summed E-state index contributed by atoms with van der Waals surface area (Å²) in [6, 6.07) is 16.2. The van der Waals surface area contributed by atoms with Crippen LogP contribution < -0.4 is 5.32 Å². The van der Waals surface area contributed by atoms with Crippen LogP contribution in [-0.4, -0.2) is 49.1 Å². The summed E-state index contributed by atoms with van der Waals surface area (Å²) in [7, 11) is 3.36. The molecule has 28 heavy (non-hydrogen) atoms. The zero-order valence-corrected chi connectivity index (χ0v) is 17.0. The Hall–Kier alpha value is -2.80. The van der Waals surface area contributed by atoms with E-state index in [1.54, 1.807) is 38.4 Å². The van der Waals surface area contributed by atoms with E-state index in [1.807, 2.05) is 37.3 Å². The largest absolute Gasteiger partial charge is 0.452 e. The van der Waals surface area contributed by atoms with Crippen molar-refractivity contribution < 1.29 is 19.1 Å². The third-order valence-electron chi connectivity index (χ3n) is 3.97. The molecule has 0 aliphatic carbocycles. The minimum absolute atomic E-state index is 0.0533. The van der Waals surface area contributed by atoms with Crippen LogP contribution >= 0.6 is 11.8 Å². The van der Waals surface area contributed by atoms with Crippen LogP contribution in [0.2, 0.25) is 0 Å². The third-order valence-corrected chi connectivity index (χ3v) is 5.03. The van der Waals surface area contributed by atoms with Crippen LogP contribution in [0.1, 0.15) is 28.9 Å². The topological polar surface area (TPSA) is 75.7 Å². The third kappa shape index (κ3) is 6.42. The lowest BCUT2D eigenvalue weighted by Gasteiger charge is -2.15. The number of hydrogen-bond donors (Lipinski definition) is 1. The zero-order chi connectivity index (χ0) is 20.5. The van der Waals surface area contributed by atoms with Crippen LogP contribution in [0.3, 0.4) is 0 Å². The summed E-state index contributed by atoms with van der Waals surface area (Å²) in [5.41, 5.74) is 1.30. The van der Waals surface area contributed by atoms with Crippen LogP contribution in [-0.2, 0) is 14.3 Å². The molecule has 0 bridgehead atoms. The predicted molar refractivity (Wildman–Crippen MR) is 109 cm³/mol. The molecule has 2 aromatic rings. The van der Waals surface area contributed by atoms with Crippen molar-refractivity contribution in [3.8, 4) is 0 Å². The quantitative estimate of drug-likeness (QED) is 0.545. The summed E-state index contributed by atoms with van der Waals surface area (Å²) in [5, 5.41) is 2.80. The molecule has 0 aliphatic rings. The fourth-order valence-corrected chi connectivity index (χ4v) is 3.37. The van der Waals surface area contributed by atoms with Gasteiger partial charge in [-0.3, -0.25) is 9.59 Å². The SMILES string of the molecule is C[C@@H](NC(=O)COC(=O)c1ccccc1SCC(=O)N(C)C)c1ccccc1. The van der Waals surface area contributed by atoms with Gasteiger partial charge in [0.2, 0.25) is 5.91 Å². The number of amides is 2. The lowest BCUT2D eigenvalue weighted by Crippen LogP contribution is -2.31. The lowest BCUT2D eigenvalue weighted by atomic mass is 10.1. The Bertz CT molecular complexity index is 824. The van der Waals surface area contributed by atoms with Gasteiger partial charge in [-0.15, -0.1) is 11.8 Å². The monoisotopic (exact) mass is 400 g/mol. The Morgan fingerprint density at radius 2 is 1.68 bits per heavy atom. The normalized spacial score (nSPS) is 11.4. The standard InChI is InChI=1S/C21H24N2O4S/c1-15(16-9-5-4-6-10-16)22-19(24)13-27-21(26)17-11-7-8-12-18(17)28-14-20(25)23(2)3/h4-12,15H,13-14H2,1-3H3,(H,22,24)/t15-/m1/s1. The maximum absolute atomic E-state index is 12.4. The van der Waals surface area contributed by atoms with E-state index in [-0.39, 0.29) is 30.2 Å². The number of thioether (sulfide) groups is 1. The second kappa shape index (κ2) is 10.5. The van der Waals surface area contributed by atoms with Crippen LogP contribution in [0.15, 0.2) is 59.5 Å². The molecule has 2 rings (SSSR count). The van der Waals surface area contributed by atoms with Gasteiger partial charge in [-0.05, 0) is 24.6 Å². The minimum Gasteiger partial charge on any atom is -0.452 e. The van der Waals surface area contributed by atoms with Crippen LogP contribution in [0.25, 0.3) is 0 Å². The van der Waals surface area contributed by atoms with Crippen molar-refractivity contribution in [2.45, 2.75) is 17.9 Å². The molecule has 0 aromatic heterocycles. The molecule has 2 amide bonds. The molecule has 1 atom stereocenters. The average molecular weight is 401 g/mol. The molecule has 148 valence electrons. The predicted octanol–water partition coefficient (Wildman–Crippen LogP) is 2.90. The fraction of sp³-hybridized carbons (Fsp3) is 0.286. The van der Waals surface area contributed by atoms with Gasteiger partial charge in [-0.1, -0.05) is 42.5 Å². The number of carbonyl (C=O) groups is 3. The summed E-state index contributed by atoms with van der Waals surface area (Å²) in [5.74, 6) is -0.810. The maximum atomic E-state index is 12.4. The molecule has 1 N–H and O–H groups in total. The van der Waals surface area contributed by atoms with E-state index >= 15 is 0 Å². The van der Waals surface area contributed by atoms with Crippen molar-refractivity contribution in [1.29, 1.82) is 0 Å². The first-order chi connectivity index (χ1) is 13.4. The van der Waals surface area contributed by atoms with E-state index in [4.69, 9.17) is 4.74 Å². The van der Waals surface area contributed by atoms with Crippen molar-refractivity contribution in [2.24, 2.45) is 0 Å². The number of rotatable bonds is 8. The molecule has 0 spiro atoms. The van der Waals surface area contributed by atoms with Gasteiger partial charge in [0.1, 0.15) is 0 Å². The molecule has 0 unspecified atom stereocenters. The molecular weight excluding hydrogens is 376 g/mol. The summed E-state index contributed by atoms with van der Waals surface area (Å²) in [6.07, 6.45) is 0. The number of carbonyl (C=O) groups excluding carboxylic acids is 3. The number of benzene rings is 2. The van der Waals surface area contributed by atoms with Crippen LogP contribution in [0.5, 0.6) is 0 Å². The second-order valence-electron chi connectivity index (χ2n) is 6.35. The summed E-state index contributed by atoms with van der Waals surface area (Å²) >= 11 is 1.26. The van der Waals surface area contributed by atoms with Crippen molar-refractivity contribution in [2.75, 3.05) is 26.5 Å². The van der Waals surface area contributed by atoms with Gasteiger partial charge >= 0.3 is 5.97 Å². The van der Waals surface area contributed by atoms with E-state index in [2.05, 4.69) is 5.32 Å². The molecule has 0 heterocycles. The molecule has 0 saturated carbocycles. The molecule has 2 aromatic carbocycles.